The third-order valence-corrected chi connectivity index (χ3v) is 6.15. The van der Waals surface area contributed by atoms with Crippen LogP contribution in [0.3, 0.4) is 0 Å². The van der Waals surface area contributed by atoms with E-state index in [2.05, 4.69) is 5.32 Å². The van der Waals surface area contributed by atoms with E-state index in [1.807, 2.05) is 34.9 Å². The van der Waals surface area contributed by atoms with E-state index in [-0.39, 0.29) is 43.1 Å². The van der Waals surface area contributed by atoms with Crippen molar-refractivity contribution in [2.24, 2.45) is 0 Å². The maximum absolute atomic E-state index is 12.9. The van der Waals surface area contributed by atoms with E-state index in [1.54, 1.807) is 24.6 Å². The first-order chi connectivity index (χ1) is 16.4. The summed E-state index contributed by atoms with van der Waals surface area (Å²) in [7, 11) is 3.75. The van der Waals surface area contributed by atoms with Crippen molar-refractivity contribution in [3.8, 4) is 17.2 Å². The Bertz CT molecular complexity index is 1180. The zero-order valence-electron chi connectivity index (χ0n) is 22.6. The summed E-state index contributed by atoms with van der Waals surface area (Å²) < 4.78 is 18.7. The van der Waals surface area contributed by atoms with Gasteiger partial charge in [0.25, 0.3) is 0 Å². The monoisotopic (exact) mass is 560 g/mol. The molecule has 1 unspecified atom stereocenters. The van der Waals surface area contributed by atoms with Crippen LogP contribution in [0.15, 0.2) is 17.1 Å². The molecule has 1 atom stereocenters. The normalized spacial score (nSPS) is 15.5. The number of hydrogen-bond acceptors (Lipinski definition) is 8. The van der Waals surface area contributed by atoms with Crippen molar-refractivity contribution in [3.63, 3.8) is 0 Å². The zero-order chi connectivity index (χ0) is 26.5. The highest BCUT2D eigenvalue weighted by Gasteiger charge is 2.42. The number of benzene rings is 1. The van der Waals surface area contributed by atoms with Crippen LogP contribution >= 0.6 is 24.8 Å². The summed E-state index contributed by atoms with van der Waals surface area (Å²) in [5.41, 5.74) is 2.18. The molecule has 208 valence electrons. The van der Waals surface area contributed by atoms with Crippen molar-refractivity contribution >= 4 is 36.8 Å². The highest BCUT2D eigenvalue weighted by molar-refractivity contribution is 5.85. The molecule has 0 saturated carbocycles. The molecule has 0 saturated heterocycles. The average Bonchev–Trinajstić information content (AvgIpc) is 2.80. The molecule has 1 aliphatic rings. The molecule has 0 bridgehead atoms. The quantitative estimate of drug-likeness (QED) is 0.419. The third-order valence-electron chi connectivity index (χ3n) is 6.15. The van der Waals surface area contributed by atoms with Crippen LogP contribution in [0.1, 0.15) is 48.2 Å². The minimum Gasteiger partial charge on any atom is -0.503 e. The van der Waals surface area contributed by atoms with E-state index in [0.29, 0.717) is 36.6 Å². The number of nitrogens with one attached hydrogen (secondary N) is 1. The number of pyridine rings is 1. The topological polar surface area (TPSA) is 116 Å². The molecular weight excluding hydrogens is 523 g/mol. The van der Waals surface area contributed by atoms with Gasteiger partial charge in [0, 0.05) is 31.2 Å². The van der Waals surface area contributed by atoms with Gasteiger partial charge in [0.15, 0.2) is 5.75 Å². The van der Waals surface area contributed by atoms with Gasteiger partial charge in [0.1, 0.15) is 18.1 Å². The van der Waals surface area contributed by atoms with Crippen molar-refractivity contribution in [3.05, 3.63) is 50.4 Å². The molecule has 0 spiro atoms. The molecule has 0 radical (unpaired) electrons. The van der Waals surface area contributed by atoms with E-state index in [9.17, 15) is 19.5 Å². The molecule has 1 aromatic carbocycles. The standard InChI is InChI=1S/C24H29NO7.C2H7N.2ClH/c1-13-14(2)22-18(15(3)21(13)31-17(5)26)7-9-24(6,32-22)23(29)30-12-11-25-10-8-19(27)20(28)16(25)4;1-3-2;;/h8,10,28H,7,9,11-12H2,1-6H3;3H,1-2H3;2*1H. The molecule has 0 aliphatic carbocycles. The van der Waals surface area contributed by atoms with E-state index in [4.69, 9.17) is 14.2 Å². The summed E-state index contributed by atoms with van der Waals surface area (Å²) in [5.74, 6) is -0.00440. The largest absolute Gasteiger partial charge is 0.503 e. The Morgan fingerprint density at radius 1 is 1.14 bits per heavy atom. The van der Waals surface area contributed by atoms with Gasteiger partial charge in [-0.25, -0.2) is 4.79 Å². The van der Waals surface area contributed by atoms with Gasteiger partial charge in [-0.2, -0.15) is 0 Å². The van der Waals surface area contributed by atoms with Gasteiger partial charge in [-0.15, -0.1) is 24.8 Å². The second-order valence-corrected chi connectivity index (χ2v) is 8.88. The van der Waals surface area contributed by atoms with Gasteiger partial charge >= 0.3 is 11.9 Å². The lowest BCUT2D eigenvalue weighted by Gasteiger charge is -2.36. The maximum Gasteiger partial charge on any atom is 0.350 e. The Morgan fingerprint density at radius 3 is 2.30 bits per heavy atom. The molecule has 3 rings (SSSR count). The van der Waals surface area contributed by atoms with Gasteiger partial charge in [0.05, 0.1) is 12.2 Å². The Morgan fingerprint density at radius 2 is 1.73 bits per heavy atom. The lowest BCUT2D eigenvalue weighted by Crippen LogP contribution is -2.46. The molecule has 0 amide bonds. The van der Waals surface area contributed by atoms with Crippen LogP contribution in [0.25, 0.3) is 0 Å². The lowest BCUT2D eigenvalue weighted by atomic mass is 9.87. The van der Waals surface area contributed by atoms with E-state index in [0.717, 1.165) is 22.3 Å². The minimum atomic E-state index is -1.15. The number of carbonyl (C=O) groups excluding carboxylic acids is 2. The Labute approximate surface area is 230 Å². The zero-order valence-corrected chi connectivity index (χ0v) is 24.3. The van der Waals surface area contributed by atoms with Crippen molar-refractivity contribution in [1.82, 2.24) is 9.88 Å². The summed E-state index contributed by atoms with van der Waals surface area (Å²) in [4.78, 5) is 35.9. The van der Waals surface area contributed by atoms with E-state index in [1.165, 1.54) is 13.0 Å². The van der Waals surface area contributed by atoms with Crippen molar-refractivity contribution in [1.29, 1.82) is 0 Å². The molecule has 2 heterocycles. The fourth-order valence-corrected chi connectivity index (χ4v) is 3.97. The molecule has 1 aliphatic heterocycles. The van der Waals surface area contributed by atoms with Gasteiger partial charge in [-0.1, -0.05) is 0 Å². The molecule has 2 N–H and O–H groups in total. The number of carbonyl (C=O) groups is 2. The summed E-state index contributed by atoms with van der Waals surface area (Å²) >= 11 is 0. The lowest BCUT2D eigenvalue weighted by molar-refractivity contribution is -0.162. The first-order valence-corrected chi connectivity index (χ1v) is 11.5. The van der Waals surface area contributed by atoms with Crippen molar-refractivity contribution < 1.29 is 28.9 Å². The Kier molecular flexibility index (Phi) is 13.2. The smallest absolute Gasteiger partial charge is 0.350 e. The van der Waals surface area contributed by atoms with Crippen LogP contribution in [-0.4, -0.2) is 47.9 Å². The van der Waals surface area contributed by atoms with Gasteiger partial charge in [0.2, 0.25) is 11.0 Å². The molecule has 11 heteroatoms. The Balaban J connectivity index is 0.00000247. The van der Waals surface area contributed by atoms with Gasteiger partial charge in [-0.05, 0) is 71.8 Å². The van der Waals surface area contributed by atoms with Crippen LogP contribution in [-0.2, 0) is 27.3 Å². The van der Waals surface area contributed by atoms with Crippen LogP contribution in [0.2, 0.25) is 0 Å². The SMILES string of the molecule is CC(=O)Oc1c(C)c(C)c2c(c1C)CCC(C)(C(=O)OCCn1ccc(=O)c(O)c1C)O2.CNC.Cl.Cl. The van der Waals surface area contributed by atoms with Crippen LogP contribution in [0, 0.1) is 27.7 Å². The second-order valence-electron chi connectivity index (χ2n) is 8.88. The van der Waals surface area contributed by atoms with Gasteiger partial charge in [-0.3, -0.25) is 9.59 Å². The minimum absolute atomic E-state index is 0. The number of hydrogen-bond donors (Lipinski definition) is 2. The highest BCUT2D eigenvalue weighted by atomic mass is 35.5. The predicted octanol–water partition coefficient (Wildman–Crippen LogP) is 3.72. The Hall–Kier alpha value is -2.75. The molecule has 1 aromatic heterocycles. The molecule has 2 aromatic rings. The van der Waals surface area contributed by atoms with Crippen molar-refractivity contribution in [2.75, 3.05) is 20.7 Å². The average molecular weight is 562 g/mol. The number of halogens is 2. The fourth-order valence-electron chi connectivity index (χ4n) is 3.97. The van der Waals surface area contributed by atoms with Crippen LogP contribution < -0.4 is 20.2 Å². The first kappa shape index (κ1) is 34.2. The summed E-state index contributed by atoms with van der Waals surface area (Å²) in [6, 6.07) is 1.27. The molecule has 0 fully saturated rings. The summed E-state index contributed by atoms with van der Waals surface area (Å²) in [6.45, 7) is 10.7. The number of aromatic hydroxyl groups is 1. The fraction of sp³-hybridized carbons (Fsp3) is 0.500. The number of aromatic nitrogens is 1. The maximum atomic E-state index is 12.9. The first-order valence-electron chi connectivity index (χ1n) is 11.5. The summed E-state index contributed by atoms with van der Waals surface area (Å²) in [6.07, 6.45) is 2.55. The van der Waals surface area contributed by atoms with Gasteiger partial charge < -0.3 is 29.2 Å². The molecule has 9 nitrogen and oxygen atoms in total. The van der Waals surface area contributed by atoms with Crippen LogP contribution in [0.5, 0.6) is 17.2 Å². The van der Waals surface area contributed by atoms with Crippen LogP contribution in [0.4, 0.5) is 0 Å². The number of fused-ring (bicyclic) bond motifs is 1. The number of ether oxygens (including phenoxy) is 3. The predicted molar refractivity (Wildman–Crippen MR) is 147 cm³/mol. The number of esters is 2. The summed E-state index contributed by atoms with van der Waals surface area (Å²) in [5, 5.41) is 12.5. The van der Waals surface area contributed by atoms with E-state index < -0.39 is 17.0 Å². The highest BCUT2D eigenvalue weighted by Crippen LogP contribution is 2.44. The van der Waals surface area contributed by atoms with Crippen molar-refractivity contribution in [2.45, 2.75) is 66.5 Å². The molecule has 37 heavy (non-hydrogen) atoms. The second kappa shape index (κ2) is 14.3. The molecular formula is C26H38Cl2N2O7. The number of rotatable bonds is 5. The van der Waals surface area contributed by atoms with E-state index >= 15 is 0 Å². The third kappa shape index (κ3) is 7.63. The number of nitrogens with zero attached hydrogens (tertiary/aromatic N) is 1.